The van der Waals surface area contributed by atoms with Gasteiger partial charge in [-0.15, -0.1) is 0 Å². The van der Waals surface area contributed by atoms with E-state index in [9.17, 15) is 0 Å². The quantitative estimate of drug-likeness (QED) is 0.470. The summed E-state index contributed by atoms with van der Waals surface area (Å²) in [5.74, 6) is 0. The maximum atomic E-state index is 2.23. The molecule has 0 spiro atoms. The molecule has 0 aromatic rings. The summed E-state index contributed by atoms with van der Waals surface area (Å²) in [6.07, 6.45) is 7.65. The predicted octanol–water partition coefficient (Wildman–Crippen LogP) is 2.79. The monoisotopic (exact) mass is 188 g/mol. The molecular weight excluding hydrogens is 173 g/mol. The van der Waals surface area contributed by atoms with Crippen LogP contribution in [0.3, 0.4) is 0 Å². The molecule has 8 heavy (non-hydrogen) atoms. The summed E-state index contributed by atoms with van der Waals surface area (Å²) >= 11 is 0. The van der Waals surface area contributed by atoms with Gasteiger partial charge in [0, 0.05) is 32.7 Å². The van der Waals surface area contributed by atoms with Gasteiger partial charge in [0.2, 0.25) is 0 Å². The van der Waals surface area contributed by atoms with Crippen LogP contribution in [0.15, 0.2) is 0 Å². The van der Waals surface area contributed by atoms with Crippen molar-refractivity contribution < 1.29 is 32.7 Å². The molecule has 1 heteroatoms. The van der Waals surface area contributed by atoms with E-state index in [1.54, 1.807) is 0 Å². The van der Waals surface area contributed by atoms with Crippen molar-refractivity contribution >= 4 is 0 Å². The Morgan fingerprint density at radius 1 is 1.25 bits per heavy atom. The summed E-state index contributed by atoms with van der Waals surface area (Å²) in [5.41, 5.74) is 0. The second kappa shape index (κ2) is 11.0. The van der Waals surface area contributed by atoms with E-state index in [1.165, 1.54) is 25.7 Å². The van der Waals surface area contributed by atoms with E-state index >= 15 is 0 Å². The van der Waals surface area contributed by atoms with Crippen molar-refractivity contribution in [3.05, 3.63) is 6.42 Å². The molecule has 0 aliphatic rings. The van der Waals surface area contributed by atoms with Crippen LogP contribution in [0.25, 0.3) is 0 Å². The molecule has 47 valence electrons. The fraction of sp³-hybridized carbons (Fsp3) is 0.857. The summed E-state index contributed by atoms with van der Waals surface area (Å²) < 4.78 is 0. The van der Waals surface area contributed by atoms with Crippen molar-refractivity contribution in [3.63, 3.8) is 0 Å². The minimum Gasteiger partial charge on any atom is -0.332 e. The van der Waals surface area contributed by atoms with Gasteiger partial charge in [-0.25, -0.2) is 0 Å². The molecule has 0 atom stereocenters. The molecule has 0 amide bonds. The van der Waals surface area contributed by atoms with Crippen molar-refractivity contribution in [3.8, 4) is 0 Å². The first-order chi connectivity index (χ1) is 3.41. The molecule has 0 aromatic carbocycles. The number of hydrogen-bond acceptors (Lipinski definition) is 0. The largest absolute Gasteiger partial charge is 0.332 e. The Morgan fingerprint density at radius 2 is 1.88 bits per heavy atom. The molecule has 0 heterocycles. The summed E-state index contributed by atoms with van der Waals surface area (Å²) in [6.45, 7) is 4.35. The zero-order valence-corrected chi connectivity index (χ0v) is 8.82. The predicted molar refractivity (Wildman–Crippen MR) is 34.1 cm³/mol. The second-order valence-electron chi connectivity index (χ2n) is 1.90. The van der Waals surface area contributed by atoms with Crippen LogP contribution < -0.4 is 0 Å². The minimum atomic E-state index is 0. The normalized spacial score (nSPS) is 8.25. The van der Waals surface area contributed by atoms with Crippen LogP contribution in [-0.4, -0.2) is 0 Å². The number of hydrogen-bond donors (Lipinski definition) is 0. The second-order valence-corrected chi connectivity index (χ2v) is 1.90. The third kappa shape index (κ3) is 10.2. The van der Waals surface area contributed by atoms with Crippen LogP contribution in [0.4, 0.5) is 0 Å². The Kier molecular flexibility index (Phi) is 16.3. The molecular formula is C7H15Y-. The Balaban J connectivity index is 0. The zero-order valence-electron chi connectivity index (χ0n) is 5.98. The van der Waals surface area contributed by atoms with Gasteiger partial charge in [0.05, 0.1) is 0 Å². The Labute approximate surface area is 78.3 Å². The molecule has 0 fully saturated rings. The van der Waals surface area contributed by atoms with Crippen LogP contribution in [-0.2, 0) is 32.7 Å². The van der Waals surface area contributed by atoms with E-state index < -0.39 is 0 Å². The summed E-state index contributed by atoms with van der Waals surface area (Å²) in [6, 6.07) is 0. The summed E-state index contributed by atoms with van der Waals surface area (Å²) in [4.78, 5) is 0. The first-order valence-electron chi connectivity index (χ1n) is 3.19. The average molecular weight is 188 g/mol. The van der Waals surface area contributed by atoms with E-state index in [2.05, 4.69) is 20.3 Å². The minimum absolute atomic E-state index is 0. The smallest absolute Gasteiger partial charge is 0 e. The molecule has 0 aromatic heterocycles. The van der Waals surface area contributed by atoms with Gasteiger partial charge in [-0.3, -0.25) is 0 Å². The Hall–Kier alpha value is 1.10. The van der Waals surface area contributed by atoms with Crippen LogP contribution in [0.5, 0.6) is 0 Å². The van der Waals surface area contributed by atoms with Gasteiger partial charge >= 0.3 is 0 Å². The van der Waals surface area contributed by atoms with E-state index in [0.717, 1.165) is 0 Å². The van der Waals surface area contributed by atoms with Crippen molar-refractivity contribution in [2.24, 2.45) is 0 Å². The van der Waals surface area contributed by atoms with Gasteiger partial charge in [-0.2, -0.15) is 13.3 Å². The van der Waals surface area contributed by atoms with Crippen molar-refractivity contribution in [2.75, 3.05) is 0 Å². The van der Waals surface area contributed by atoms with E-state index in [1.807, 2.05) is 0 Å². The van der Waals surface area contributed by atoms with Crippen LogP contribution in [0, 0.1) is 6.42 Å². The fourth-order valence-corrected chi connectivity index (χ4v) is 0.598. The third-order valence-corrected chi connectivity index (χ3v) is 1.10. The summed E-state index contributed by atoms with van der Waals surface area (Å²) in [5, 5.41) is 0. The third-order valence-electron chi connectivity index (χ3n) is 1.10. The van der Waals surface area contributed by atoms with Crippen molar-refractivity contribution in [2.45, 2.75) is 39.5 Å². The molecule has 0 saturated carbocycles. The van der Waals surface area contributed by atoms with E-state index in [4.69, 9.17) is 0 Å². The van der Waals surface area contributed by atoms with Gasteiger partial charge in [0.1, 0.15) is 0 Å². The van der Waals surface area contributed by atoms with Gasteiger partial charge in [0.25, 0.3) is 0 Å². The van der Waals surface area contributed by atoms with Gasteiger partial charge in [-0.1, -0.05) is 26.2 Å². The standard InChI is InChI=1S/C7H15.Y/c1-3-5-7-6-4-2;/h3H,4-7H2,1-2H3;/q-1;. The zero-order chi connectivity index (χ0) is 5.54. The molecule has 0 nitrogen and oxygen atoms in total. The Morgan fingerprint density at radius 3 is 2.25 bits per heavy atom. The van der Waals surface area contributed by atoms with Crippen molar-refractivity contribution in [1.82, 2.24) is 0 Å². The molecule has 0 saturated heterocycles. The van der Waals surface area contributed by atoms with Crippen molar-refractivity contribution in [1.29, 1.82) is 0 Å². The first-order valence-corrected chi connectivity index (χ1v) is 3.19. The molecule has 1 radical (unpaired) electrons. The maximum Gasteiger partial charge on any atom is 0 e. The van der Waals surface area contributed by atoms with E-state index in [-0.39, 0.29) is 32.7 Å². The van der Waals surface area contributed by atoms with Gasteiger partial charge in [-0.05, 0) is 0 Å². The topological polar surface area (TPSA) is 0 Å². The SMILES string of the molecule is C[CH-]CCCCC.[Y]. The van der Waals surface area contributed by atoms with Crippen LogP contribution in [0.1, 0.15) is 39.5 Å². The molecule has 0 N–H and O–H groups in total. The molecule has 0 aliphatic heterocycles. The van der Waals surface area contributed by atoms with Crippen LogP contribution in [0.2, 0.25) is 0 Å². The number of rotatable bonds is 4. The molecule has 0 unspecified atom stereocenters. The Bertz CT molecular complexity index is 23.6. The van der Waals surface area contributed by atoms with Gasteiger partial charge < -0.3 is 6.42 Å². The van der Waals surface area contributed by atoms with E-state index in [0.29, 0.717) is 0 Å². The summed E-state index contributed by atoms with van der Waals surface area (Å²) in [7, 11) is 0. The molecule has 0 rings (SSSR count). The molecule has 0 bridgehead atoms. The molecule has 0 aliphatic carbocycles. The maximum absolute atomic E-state index is 2.23. The van der Waals surface area contributed by atoms with Gasteiger partial charge in [0.15, 0.2) is 0 Å². The van der Waals surface area contributed by atoms with Crippen LogP contribution >= 0.6 is 0 Å². The average Bonchev–Trinajstić information content (AvgIpc) is 1.69. The fourth-order valence-electron chi connectivity index (χ4n) is 0.598. The first kappa shape index (κ1) is 11.8. The number of unbranched alkanes of at least 4 members (excludes halogenated alkanes) is 4.